The summed E-state index contributed by atoms with van der Waals surface area (Å²) in [7, 11) is 0. The lowest BCUT2D eigenvalue weighted by Crippen LogP contribution is -2.67. The minimum atomic E-state index is -1.88. The van der Waals surface area contributed by atoms with Crippen LogP contribution in [0, 0.1) is 50.2 Å². The van der Waals surface area contributed by atoms with Crippen molar-refractivity contribution < 1.29 is 109 Å². The van der Waals surface area contributed by atoms with Gasteiger partial charge in [0.25, 0.3) is 0 Å². The molecule has 0 aromatic heterocycles. The van der Waals surface area contributed by atoms with Crippen LogP contribution in [0.15, 0.2) is 11.6 Å². The van der Waals surface area contributed by atoms with Crippen LogP contribution in [0.3, 0.4) is 0 Å². The van der Waals surface area contributed by atoms with Crippen LogP contribution in [0.1, 0.15) is 120 Å². The third-order valence-electron chi connectivity index (χ3n) is 21.5. The molecule has 22 heteroatoms. The van der Waals surface area contributed by atoms with E-state index < -0.39 is 164 Å². The van der Waals surface area contributed by atoms with E-state index in [9.17, 15) is 66.4 Å². The Balaban J connectivity index is 0.974. The summed E-state index contributed by atoms with van der Waals surface area (Å²) in [6, 6.07) is 0. The number of esters is 1. The second-order valence-corrected chi connectivity index (χ2v) is 26.1. The molecule has 8 fully saturated rings. The molecule has 0 radical (unpaired) electrons. The number of ether oxygens (including phenoxy) is 8. The highest BCUT2D eigenvalue weighted by atomic mass is 16.8. The van der Waals surface area contributed by atoms with Crippen molar-refractivity contribution in [1.29, 1.82) is 0 Å². The van der Waals surface area contributed by atoms with Crippen molar-refractivity contribution in [3.8, 4) is 0 Å². The maximum Gasteiger partial charge on any atom is 0.315 e. The molecule has 0 amide bonds. The molecule has 0 bridgehead atoms. The summed E-state index contributed by atoms with van der Waals surface area (Å²) in [5, 5.41) is 140. The first kappa shape index (κ1) is 59.0. The first-order chi connectivity index (χ1) is 35.6. The Bertz CT molecular complexity index is 2100. The average molecular weight is 1090 g/mol. The van der Waals surface area contributed by atoms with Gasteiger partial charge >= 0.3 is 5.97 Å². The van der Waals surface area contributed by atoms with Crippen LogP contribution in [0.25, 0.3) is 0 Å². The smallest absolute Gasteiger partial charge is 0.315 e. The van der Waals surface area contributed by atoms with Crippen LogP contribution < -0.4 is 0 Å². The van der Waals surface area contributed by atoms with Crippen molar-refractivity contribution >= 4 is 5.97 Å². The van der Waals surface area contributed by atoms with E-state index in [0.29, 0.717) is 51.4 Å². The third kappa shape index (κ3) is 9.38. The fourth-order valence-corrected chi connectivity index (χ4v) is 16.4. The normalized spacial score (nSPS) is 55.2. The highest BCUT2D eigenvalue weighted by Gasteiger charge is 2.71. The Morgan fingerprint density at radius 3 is 1.71 bits per heavy atom. The van der Waals surface area contributed by atoms with E-state index in [0.717, 1.165) is 12.8 Å². The fraction of sp³-hybridized carbons (Fsp3) is 0.944. The molecule has 13 N–H and O–H groups in total. The second-order valence-electron chi connectivity index (χ2n) is 26.1. The van der Waals surface area contributed by atoms with Crippen LogP contribution in [0.5, 0.6) is 0 Å². The Hall–Kier alpha value is -1.59. The number of allylic oxidation sites excluding steroid dienone is 2. The first-order valence-corrected chi connectivity index (χ1v) is 27.7. The maximum absolute atomic E-state index is 15.3. The quantitative estimate of drug-likeness (QED) is 0.0670. The molecule has 5 aliphatic carbocycles. The molecule has 9 aliphatic rings. The van der Waals surface area contributed by atoms with Crippen molar-refractivity contribution in [1.82, 2.24) is 0 Å². The van der Waals surface area contributed by atoms with Gasteiger partial charge < -0.3 is 104 Å². The summed E-state index contributed by atoms with van der Waals surface area (Å²) in [4.78, 5) is 15.3. The number of aliphatic hydroxyl groups excluding tert-OH is 13. The monoisotopic (exact) mass is 1090 g/mol. The molecule has 4 saturated carbocycles. The molecular weight excluding hydrogens is 1000 g/mol. The number of carbonyl (C=O) groups is 1. The van der Waals surface area contributed by atoms with E-state index in [4.69, 9.17) is 37.9 Å². The van der Waals surface area contributed by atoms with Gasteiger partial charge in [-0.3, -0.25) is 4.79 Å². The maximum atomic E-state index is 15.3. The highest BCUT2D eigenvalue weighted by Crippen LogP contribution is 2.76. The topological polar surface area (TPSA) is 354 Å². The lowest BCUT2D eigenvalue weighted by atomic mass is 9.33. The summed E-state index contributed by atoms with van der Waals surface area (Å²) in [6.45, 7) is 14.8. The van der Waals surface area contributed by atoms with Gasteiger partial charge in [0, 0.05) is 5.41 Å². The van der Waals surface area contributed by atoms with E-state index in [2.05, 4.69) is 40.7 Å². The molecule has 4 saturated heterocycles. The van der Waals surface area contributed by atoms with Crippen molar-refractivity contribution in [3.63, 3.8) is 0 Å². The predicted octanol–water partition coefficient (Wildman–Crippen LogP) is -1.01. The number of rotatable bonds is 11. The van der Waals surface area contributed by atoms with Gasteiger partial charge in [-0.15, -0.1) is 0 Å². The molecular formula is C54H88O22. The molecule has 4 aliphatic heterocycles. The van der Waals surface area contributed by atoms with Crippen LogP contribution in [0.4, 0.5) is 0 Å². The van der Waals surface area contributed by atoms with Gasteiger partial charge in [0.1, 0.15) is 79.4 Å². The average Bonchev–Trinajstić information content (AvgIpc) is 3.43. The Kier molecular flexibility index (Phi) is 16.6. The number of hydrogen-bond donors (Lipinski definition) is 13. The number of aliphatic hydroxyl groups is 13. The summed E-state index contributed by atoms with van der Waals surface area (Å²) in [5.74, 6) is -0.826. The van der Waals surface area contributed by atoms with E-state index >= 15 is 4.79 Å². The van der Waals surface area contributed by atoms with Crippen molar-refractivity contribution in [2.75, 3.05) is 19.8 Å². The number of fused-ring (bicyclic) bond motifs is 7. The molecule has 0 aromatic carbocycles. The molecule has 0 aromatic rings. The molecule has 436 valence electrons. The van der Waals surface area contributed by atoms with E-state index in [1.165, 1.54) is 12.5 Å². The molecule has 0 spiro atoms. The molecule has 76 heavy (non-hydrogen) atoms. The van der Waals surface area contributed by atoms with E-state index in [-0.39, 0.29) is 40.6 Å². The fourth-order valence-electron chi connectivity index (χ4n) is 16.4. The summed E-state index contributed by atoms with van der Waals surface area (Å²) in [5.41, 5.74) is -1.88. The summed E-state index contributed by atoms with van der Waals surface area (Å²) in [6.07, 6.45) is -22.6. The van der Waals surface area contributed by atoms with Crippen LogP contribution >= 0.6 is 0 Å². The Morgan fingerprint density at radius 1 is 0.566 bits per heavy atom. The van der Waals surface area contributed by atoms with Gasteiger partial charge in [-0.1, -0.05) is 53.2 Å². The zero-order valence-electron chi connectivity index (χ0n) is 45.1. The van der Waals surface area contributed by atoms with E-state index in [1.807, 2.05) is 6.92 Å². The lowest BCUT2D eigenvalue weighted by molar-refractivity contribution is -0.374. The van der Waals surface area contributed by atoms with Gasteiger partial charge in [-0.05, 0) is 117 Å². The van der Waals surface area contributed by atoms with Gasteiger partial charge in [-0.2, -0.15) is 0 Å². The molecule has 4 heterocycles. The highest BCUT2D eigenvalue weighted by molar-refractivity contribution is 5.79. The Labute approximate surface area is 444 Å². The zero-order valence-corrected chi connectivity index (χ0v) is 45.1. The van der Waals surface area contributed by atoms with Crippen LogP contribution in [0.2, 0.25) is 0 Å². The number of hydrogen-bond acceptors (Lipinski definition) is 22. The second kappa shape index (κ2) is 21.3. The minimum Gasteiger partial charge on any atom is -0.432 e. The summed E-state index contributed by atoms with van der Waals surface area (Å²) < 4.78 is 48.6. The standard InChI is InChI=1S/C54H88O22/c1-23-32(58)36(62)40(66)44(69-23)74-42-38(64)33(59)24(2)70-46(42)73-31-12-13-50(5)29(51(31,6)22-57)11-14-53(8)30(50)10-9-25-26-19-49(3,4)15-17-54(26,18-16-52(25,53)7)48(68)76-47-43(39(65)35(61)28(21-56)72-47)75-45-41(67)37(63)34(60)27(20-55)71-45/h9,23-24,26-47,55-67H,10-22H2,1-8H3. The van der Waals surface area contributed by atoms with Crippen molar-refractivity contribution in [2.45, 2.75) is 249 Å². The largest absolute Gasteiger partial charge is 0.432 e. The number of carbonyl (C=O) groups excluding carboxylic acids is 1. The van der Waals surface area contributed by atoms with Gasteiger partial charge in [0.05, 0.1) is 43.5 Å². The first-order valence-electron chi connectivity index (χ1n) is 27.7. The van der Waals surface area contributed by atoms with Gasteiger partial charge in [-0.25, -0.2) is 0 Å². The SMILES string of the molecule is CC1OC(OC2C(OC3CCC4(C)C(CCC5(C)C4CC=C4C6CC(C)(C)CCC6(C(=O)OC6OC(CO)C(O)C(O)C6OC6OC(CO)C(O)C(O)C6O)CCC45C)C3(C)CO)OC(C)C(O)C2O)C(O)C(O)C1O. The molecule has 29 unspecified atom stereocenters. The lowest BCUT2D eigenvalue weighted by Gasteiger charge is -2.71. The van der Waals surface area contributed by atoms with Gasteiger partial charge in [0.15, 0.2) is 25.0 Å². The Morgan fingerprint density at radius 2 is 1.09 bits per heavy atom. The minimum absolute atomic E-state index is 0.0613. The molecule has 22 nitrogen and oxygen atoms in total. The van der Waals surface area contributed by atoms with Crippen molar-refractivity contribution in [2.24, 2.45) is 50.2 Å². The van der Waals surface area contributed by atoms with E-state index in [1.54, 1.807) is 6.92 Å². The predicted molar refractivity (Wildman–Crippen MR) is 261 cm³/mol. The molecule has 9 rings (SSSR count). The van der Waals surface area contributed by atoms with Crippen LogP contribution in [-0.2, 0) is 42.7 Å². The van der Waals surface area contributed by atoms with Crippen molar-refractivity contribution in [3.05, 3.63) is 11.6 Å². The third-order valence-corrected chi connectivity index (χ3v) is 21.5. The van der Waals surface area contributed by atoms with Crippen LogP contribution in [-0.4, -0.2) is 221 Å². The summed E-state index contributed by atoms with van der Waals surface area (Å²) >= 11 is 0. The zero-order chi connectivity index (χ0) is 55.6. The molecule has 29 atom stereocenters. The van der Waals surface area contributed by atoms with Gasteiger partial charge in [0.2, 0.25) is 6.29 Å².